The summed E-state index contributed by atoms with van der Waals surface area (Å²) in [5, 5.41) is 1.23. The highest BCUT2D eigenvalue weighted by molar-refractivity contribution is 9.10. The lowest BCUT2D eigenvalue weighted by molar-refractivity contribution is 0.0719. The number of rotatable bonds is 4. The van der Waals surface area contributed by atoms with Crippen molar-refractivity contribution in [3.63, 3.8) is 0 Å². The molecule has 17 heavy (non-hydrogen) atoms. The molecule has 0 bridgehead atoms. The number of nitrogens with zero attached hydrogens (tertiary/aromatic N) is 1. The Bertz CT molecular complexity index is 409. The van der Waals surface area contributed by atoms with Crippen molar-refractivity contribution < 1.29 is 4.79 Å². The first-order chi connectivity index (χ1) is 7.97. The fourth-order valence-electron chi connectivity index (χ4n) is 1.50. The van der Waals surface area contributed by atoms with Crippen molar-refractivity contribution in [3.8, 4) is 0 Å². The van der Waals surface area contributed by atoms with Crippen LogP contribution in [0.3, 0.4) is 0 Å². The van der Waals surface area contributed by atoms with Crippen LogP contribution in [0.4, 0.5) is 0 Å². The largest absolute Gasteiger partial charge is 0.335 e. The van der Waals surface area contributed by atoms with Gasteiger partial charge in [0.25, 0.3) is 5.91 Å². The van der Waals surface area contributed by atoms with E-state index >= 15 is 0 Å². The van der Waals surface area contributed by atoms with Crippen LogP contribution in [0, 0.1) is 0 Å². The van der Waals surface area contributed by atoms with E-state index in [-0.39, 0.29) is 11.9 Å². The minimum absolute atomic E-state index is 0.0306. The van der Waals surface area contributed by atoms with Crippen molar-refractivity contribution in [1.29, 1.82) is 0 Å². The number of alkyl halides is 1. The van der Waals surface area contributed by atoms with Gasteiger partial charge in [-0.2, -0.15) is 0 Å². The van der Waals surface area contributed by atoms with Crippen molar-refractivity contribution in [2.24, 2.45) is 0 Å². The molecular formula is C12H14Br2ClNO. The van der Waals surface area contributed by atoms with Crippen LogP contribution in [0.15, 0.2) is 22.7 Å². The molecule has 2 nitrogen and oxygen atoms in total. The molecule has 0 saturated carbocycles. The van der Waals surface area contributed by atoms with Gasteiger partial charge in [-0.3, -0.25) is 4.79 Å². The summed E-state index contributed by atoms with van der Waals surface area (Å²) < 4.78 is 0.871. The molecule has 1 amide bonds. The lowest BCUT2D eigenvalue weighted by atomic mass is 10.1. The number of hydrogen-bond donors (Lipinski definition) is 0. The van der Waals surface area contributed by atoms with E-state index < -0.39 is 0 Å². The first-order valence-corrected chi connectivity index (χ1v) is 7.58. The van der Waals surface area contributed by atoms with Crippen LogP contribution >= 0.6 is 43.5 Å². The average molecular weight is 384 g/mol. The maximum atomic E-state index is 12.3. The molecule has 0 atom stereocenters. The van der Waals surface area contributed by atoms with E-state index in [1.807, 2.05) is 19.9 Å². The van der Waals surface area contributed by atoms with Crippen LogP contribution in [0.5, 0.6) is 0 Å². The van der Waals surface area contributed by atoms with Gasteiger partial charge in [0.15, 0.2) is 0 Å². The lowest BCUT2D eigenvalue weighted by Gasteiger charge is -2.26. The summed E-state index contributed by atoms with van der Waals surface area (Å²) in [7, 11) is 0. The van der Waals surface area contributed by atoms with Crippen LogP contribution in [0.1, 0.15) is 24.2 Å². The van der Waals surface area contributed by atoms with Crippen LogP contribution in [-0.2, 0) is 0 Å². The normalized spacial score (nSPS) is 10.7. The van der Waals surface area contributed by atoms with Crippen molar-refractivity contribution in [2.45, 2.75) is 19.9 Å². The van der Waals surface area contributed by atoms with Gasteiger partial charge in [-0.15, -0.1) is 0 Å². The summed E-state index contributed by atoms with van der Waals surface area (Å²) >= 11 is 12.8. The van der Waals surface area contributed by atoms with Gasteiger partial charge in [-0.1, -0.05) is 43.5 Å². The zero-order valence-electron chi connectivity index (χ0n) is 9.71. The highest BCUT2D eigenvalue weighted by Crippen LogP contribution is 2.23. The molecule has 0 aliphatic heterocycles. The van der Waals surface area contributed by atoms with Crippen molar-refractivity contribution in [3.05, 3.63) is 33.3 Å². The predicted octanol–water partition coefficient (Wildman–Crippen LogP) is 4.35. The Morgan fingerprint density at radius 3 is 2.59 bits per heavy atom. The van der Waals surface area contributed by atoms with Crippen LogP contribution in [0.25, 0.3) is 0 Å². The molecule has 1 aromatic rings. The van der Waals surface area contributed by atoms with Gasteiger partial charge in [0.1, 0.15) is 0 Å². The standard InChI is InChI=1S/C12H14Br2ClNO/c1-8(2)16(6-5-13)12(17)10-4-3-9(14)7-11(10)15/h3-4,7-8H,5-6H2,1-2H3. The van der Waals surface area contributed by atoms with Crippen LogP contribution < -0.4 is 0 Å². The third kappa shape index (κ3) is 3.97. The lowest BCUT2D eigenvalue weighted by Crippen LogP contribution is -2.38. The smallest absolute Gasteiger partial charge is 0.255 e. The second-order valence-electron chi connectivity index (χ2n) is 3.91. The first kappa shape index (κ1) is 15.0. The van der Waals surface area contributed by atoms with Gasteiger partial charge in [0.05, 0.1) is 10.6 Å². The second-order valence-corrected chi connectivity index (χ2v) is 6.02. The zero-order valence-corrected chi connectivity index (χ0v) is 13.6. The Balaban J connectivity index is 3.01. The number of carbonyl (C=O) groups is 1. The molecule has 0 spiro atoms. The van der Waals surface area contributed by atoms with Gasteiger partial charge >= 0.3 is 0 Å². The maximum absolute atomic E-state index is 12.3. The SMILES string of the molecule is CC(C)N(CCBr)C(=O)c1ccc(Br)cc1Cl. The van der Waals surface area contributed by atoms with Gasteiger partial charge < -0.3 is 4.90 Å². The summed E-state index contributed by atoms with van der Waals surface area (Å²) in [6.07, 6.45) is 0. The molecule has 0 N–H and O–H groups in total. The number of amides is 1. The molecule has 94 valence electrons. The molecule has 0 fully saturated rings. The van der Waals surface area contributed by atoms with Gasteiger partial charge in [-0.05, 0) is 32.0 Å². The summed E-state index contributed by atoms with van der Waals surface area (Å²) in [5.41, 5.74) is 0.546. The fourth-order valence-corrected chi connectivity index (χ4v) is 2.64. The molecule has 0 aromatic heterocycles. The number of carbonyl (C=O) groups excluding carboxylic acids is 1. The molecule has 0 aliphatic carbocycles. The molecule has 5 heteroatoms. The molecule has 1 aromatic carbocycles. The van der Waals surface area contributed by atoms with Crippen molar-refractivity contribution in [2.75, 3.05) is 11.9 Å². The van der Waals surface area contributed by atoms with E-state index in [0.29, 0.717) is 17.1 Å². The monoisotopic (exact) mass is 381 g/mol. The third-order valence-corrected chi connectivity index (χ3v) is 3.53. The Hall–Kier alpha value is -0.0600. The van der Waals surface area contributed by atoms with Crippen LogP contribution in [-0.4, -0.2) is 28.7 Å². The number of halogens is 3. The van der Waals surface area contributed by atoms with Crippen molar-refractivity contribution >= 4 is 49.4 Å². The Kier molecular flexibility index (Phi) is 5.97. The van der Waals surface area contributed by atoms with E-state index in [9.17, 15) is 4.79 Å². The van der Waals surface area contributed by atoms with E-state index in [0.717, 1.165) is 9.80 Å². The average Bonchev–Trinajstić information content (AvgIpc) is 2.24. The maximum Gasteiger partial charge on any atom is 0.255 e. The van der Waals surface area contributed by atoms with Crippen molar-refractivity contribution in [1.82, 2.24) is 4.90 Å². The van der Waals surface area contributed by atoms with Gasteiger partial charge in [0.2, 0.25) is 0 Å². The van der Waals surface area contributed by atoms with Crippen LogP contribution in [0.2, 0.25) is 5.02 Å². The fraction of sp³-hybridized carbons (Fsp3) is 0.417. The quantitative estimate of drug-likeness (QED) is 0.708. The van der Waals surface area contributed by atoms with Gasteiger partial charge in [-0.25, -0.2) is 0 Å². The minimum atomic E-state index is -0.0306. The molecule has 0 aliphatic rings. The van der Waals surface area contributed by atoms with E-state index in [4.69, 9.17) is 11.6 Å². The zero-order chi connectivity index (χ0) is 13.0. The minimum Gasteiger partial charge on any atom is -0.335 e. The third-order valence-electron chi connectivity index (χ3n) is 2.37. The first-order valence-electron chi connectivity index (χ1n) is 5.29. The topological polar surface area (TPSA) is 20.3 Å². The molecule has 0 unspecified atom stereocenters. The van der Waals surface area contributed by atoms with Gasteiger partial charge in [0, 0.05) is 22.4 Å². The molecule has 0 saturated heterocycles. The van der Waals surface area contributed by atoms with E-state index in [1.54, 1.807) is 17.0 Å². The highest BCUT2D eigenvalue weighted by Gasteiger charge is 2.20. The second kappa shape index (κ2) is 6.76. The van der Waals surface area contributed by atoms with E-state index in [1.165, 1.54) is 0 Å². The summed E-state index contributed by atoms with van der Waals surface area (Å²) in [6, 6.07) is 5.46. The summed E-state index contributed by atoms with van der Waals surface area (Å²) in [6.45, 7) is 4.66. The molecule has 1 rings (SSSR count). The Morgan fingerprint density at radius 1 is 1.47 bits per heavy atom. The highest BCUT2D eigenvalue weighted by atomic mass is 79.9. The molecular weight excluding hydrogens is 369 g/mol. The van der Waals surface area contributed by atoms with E-state index in [2.05, 4.69) is 31.9 Å². The number of hydrogen-bond acceptors (Lipinski definition) is 1. The Morgan fingerprint density at radius 2 is 2.12 bits per heavy atom. The molecule has 0 radical (unpaired) electrons. The summed E-state index contributed by atoms with van der Waals surface area (Å²) in [4.78, 5) is 14.1. The predicted molar refractivity (Wildman–Crippen MR) is 79.1 cm³/mol. The Labute approximate surface area is 124 Å². The number of benzene rings is 1. The summed E-state index contributed by atoms with van der Waals surface area (Å²) in [5.74, 6) is -0.0306. The molecule has 0 heterocycles.